The van der Waals surface area contributed by atoms with E-state index in [1.54, 1.807) is 0 Å². The third-order valence-electron chi connectivity index (χ3n) is 3.20. The molecule has 0 unspecified atom stereocenters. The number of likely N-dealkylation sites (N-methyl/N-ethyl adjacent to an activating group) is 1. The summed E-state index contributed by atoms with van der Waals surface area (Å²) in [5.41, 5.74) is 2.70. The molecule has 0 aliphatic carbocycles. The van der Waals surface area contributed by atoms with E-state index in [1.165, 1.54) is 11.1 Å². The van der Waals surface area contributed by atoms with Gasteiger partial charge >= 0.3 is 0 Å². The Morgan fingerprint density at radius 2 is 2.00 bits per heavy atom. The molecule has 0 spiro atoms. The van der Waals surface area contributed by atoms with Crippen LogP contribution < -0.4 is 0 Å². The van der Waals surface area contributed by atoms with Gasteiger partial charge in [0.15, 0.2) is 0 Å². The van der Waals surface area contributed by atoms with E-state index in [1.807, 2.05) is 0 Å². The molecule has 3 heteroatoms. The molecule has 0 saturated heterocycles. The van der Waals surface area contributed by atoms with Gasteiger partial charge < -0.3 is 10.0 Å². The molecule has 18 heavy (non-hydrogen) atoms. The average molecular weight is 314 g/mol. The quantitative estimate of drug-likeness (QED) is 0.871. The summed E-state index contributed by atoms with van der Waals surface area (Å²) in [5.74, 6) is 0. The maximum absolute atomic E-state index is 9.28. The molecule has 0 aliphatic rings. The SMILES string of the molecule is Cc1ccc(Br)cc1CCN(C)CC(C)(C)CO. The van der Waals surface area contributed by atoms with Crippen LogP contribution in [0.4, 0.5) is 0 Å². The zero-order valence-corrected chi connectivity index (χ0v) is 13.4. The van der Waals surface area contributed by atoms with Crippen LogP contribution in [0.2, 0.25) is 0 Å². The summed E-state index contributed by atoms with van der Waals surface area (Å²) >= 11 is 3.52. The van der Waals surface area contributed by atoms with Crippen LogP contribution in [0, 0.1) is 12.3 Å². The van der Waals surface area contributed by atoms with Crippen LogP contribution in [0.25, 0.3) is 0 Å². The summed E-state index contributed by atoms with van der Waals surface area (Å²) in [7, 11) is 2.12. The highest BCUT2D eigenvalue weighted by molar-refractivity contribution is 9.10. The minimum atomic E-state index is -0.0267. The molecule has 2 nitrogen and oxygen atoms in total. The lowest BCUT2D eigenvalue weighted by atomic mass is 9.94. The van der Waals surface area contributed by atoms with Gasteiger partial charge in [-0.2, -0.15) is 0 Å². The Bertz CT molecular complexity index is 390. The van der Waals surface area contributed by atoms with Gasteiger partial charge in [0.2, 0.25) is 0 Å². The van der Waals surface area contributed by atoms with Crippen LogP contribution >= 0.6 is 15.9 Å². The number of hydrogen-bond acceptors (Lipinski definition) is 2. The summed E-state index contributed by atoms with van der Waals surface area (Å²) in [6.45, 7) is 8.49. The monoisotopic (exact) mass is 313 g/mol. The highest BCUT2D eigenvalue weighted by atomic mass is 79.9. The normalized spacial score (nSPS) is 12.2. The number of aliphatic hydroxyl groups is 1. The number of hydrogen-bond donors (Lipinski definition) is 1. The predicted molar refractivity (Wildman–Crippen MR) is 80.9 cm³/mol. The molecule has 102 valence electrons. The topological polar surface area (TPSA) is 23.5 Å². The lowest BCUT2D eigenvalue weighted by Gasteiger charge is -2.28. The minimum absolute atomic E-state index is 0.0267. The third-order valence-corrected chi connectivity index (χ3v) is 3.69. The summed E-state index contributed by atoms with van der Waals surface area (Å²) in [4.78, 5) is 2.29. The second-order valence-corrected chi connectivity index (χ2v) is 6.80. The van der Waals surface area contributed by atoms with Gasteiger partial charge in [-0.05, 0) is 43.7 Å². The molecule has 1 aromatic carbocycles. The van der Waals surface area contributed by atoms with Gasteiger partial charge in [0.25, 0.3) is 0 Å². The molecule has 0 aliphatic heterocycles. The van der Waals surface area contributed by atoms with Crippen molar-refractivity contribution in [3.05, 3.63) is 33.8 Å². The van der Waals surface area contributed by atoms with E-state index < -0.39 is 0 Å². The van der Waals surface area contributed by atoms with Crippen LogP contribution in [0.1, 0.15) is 25.0 Å². The van der Waals surface area contributed by atoms with Crippen LogP contribution in [0.5, 0.6) is 0 Å². The lowest BCUT2D eigenvalue weighted by molar-refractivity contribution is 0.116. The number of rotatable bonds is 6. The van der Waals surface area contributed by atoms with E-state index in [0.717, 1.165) is 24.0 Å². The van der Waals surface area contributed by atoms with Crippen molar-refractivity contribution in [3.63, 3.8) is 0 Å². The number of benzene rings is 1. The summed E-state index contributed by atoms with van der Waals surface area (Å²) < 4.78 is 1.14. The van der Waals surface area contributed by atoms with Gasteiger partial charge in [0.05, 0.1) is 0 Å². The molecule has 0 atom stereocenters. The molecule has 1 N–H and O–H groups in total. The first-order chi connectivity index (χ1) is 8.34. The Labute approximate surface area is 119 Å². The number of halogens is 1. The summed E-state index contributed by atoms with van der Waals surface area (Å²) in [6.07, 6.45) is 1.04. The summed E-state index contributed by atoms with van der Waals surface area (Å²) in [5, 5.41) is 9.28. The molecule has 0 aromatic heterocycles. The van der Waals surface area contributed by atoms with Crippen molar-refractivity contribution in [2.45, 2.75) is 27.2 Å². The number of aryl methyl sites for hydroxylation is 1. The minimum Gasteiger partial charge on any atom is -0.396 e. The number of nitrogens with zero attached hydrogens (tertiary/aromatic N) is 1. The van der Waals surface area contributed by atoms with E-state index in [0.29, 0.717) is 0 Å². The van der Waals surface area contributed by atoms with Crippen LogP contribution in [0.15, 0.2) is 22.7 Å². The van der Waals surface area contributed by atoms with Crippen molar-refractivity contribution in [1.82, 2.24) is 4.90 Å². The second kappa shape index (κ2) is 6.69. The molecular weight excluding hydrogens is 290 g/mol. The fraction of sp³-hybridized carbons (Fsp3) is 0.600. The second-order valence-electron chi connectivity index (χ2n) is 5.88. The Kier molecular flexibility index (Phi) is 5.83. The highest BCUT2D eigenvalue weighted by Gasteiger charge is 2.18. The summed E-state index contributed by atoms with van der Waals surface area (Å²) in [6, 6.07) is 6.43. The zero-order valence-electron chi connectivity index (χ0n) is 11.8. The van der Waals surface area contributed by atoms with Gasteiger partial charge in [0, 0.05) is 29.6 Å². The van der Waals surface area contributed by atoms with Crippen molar-refractivity contribution in [3.8, 4) is 0 Å². The van der Waals surface area contributed by atoms with E-state index in [2.05, 4.69) is 66.8 Å². The molecule has 0 bridgehead atoms. The van der Waals surface area contributed by atoms with Crippen molar-refractivity contribution in [2.24, 2.45) is 5.41 Å². The first-order valence-corrected chi connectivity index (χ1v) is 7.18. The van der Waals surface area contributed by atoms with Gasteiger partial charge in [-0.3, -0.25) is 0 Å². The zero-order chi connectivity index (χ0) is 13.8. The van der Waals surface area contributed by atoms with E-state index in [9.17, 15) is 5.11 Å². The number of aliphatic hydroxyl groups excluding tert-OH is 1. The fourth-order valence-corrected chi connectivity index (χ4v) is 2.49. The van der Waals surface area contributed by atoms with Crippen molar-refractivity contribution >= 4 is 15.9 Å². The molecule has 1 aromatic rings. The first-order valence-electron chi connectivity index (χ1n) is 6.38. The largest absolute Gasteiger partial charge is 0.396 e. The average Bonchev–Trinajstić information content (AvgIpc) is 2.30. The van der Waals surface area contributed by atoms with Crippen molar-refractivity contribution < 1.29 is 5.11 Å². The van der Waals surface area contributed by atoms with E-state index in [4.69, 9.17) is 0 Å². The molecule has 0 fully saturated rings. The smallest absolute Gasteiger partial charge is 0.0494 e. The van der Waals surface area contributed by atoms with E-state index >= 15 is 0 Å². The highest BCUT2D eigenvalue weighted by Crippen LogP contribution is 2.18. The van der Waals surface area contributed by atoms with Crippen molar-refractivity contribution in [2.75, 3.05) is 26.7 Å². The first kappa shape index (κ1) is 15.7. The molecule has 0 amide bonds. The van der Waals surface area contributed by atoms with E-state index in [-0.39, 0.29) is 12.0 Å². The van der Waals surface area contributed by atoms with Crippen molar-refractivity contribution in [1.29, 1.82) is 0 Å². The molecule has 0 radical (unpaired) electrons. The Morgan fingerprint density at radius 3 is 2.61 bits per heavy atom. The van der Waals surface area contributed by atoms with Crippen LogP contribution in [0.3, 0.4) is 0 Å². The van der Waals surface area contributed by atoms with Crippen LogP contribution in [-0.2, 0) is 6.42 Å². The Morgan fingerprint density at radius 1 is 1.33 bits per heavy atom. The maximum atomic E-state index is 9.28. The lowest BCUT2D eigenvalue weighted by Crippen LogP contribution is -2.35. The van der Waals surface area contributed by atoms with Gasteiger partial charge in [-0.25, -0.2) is 0 Å². The maximum Gasteiger partial charge on any atom is 0.0494 e. The fourth-order valence-electron chi connectivity index (χ4n) is 2.08. The molecule has 1 rings (SSSR count). The predicted octanol–water partition coefficient (Wildman–Crippen LogP) is 3.25. The molecule has 0 heterocycles. The Balaban J connectivity index is 2.52. The molecular formula is C15H24BrNO. The van der Waals surface area contributed by atoms with Gasteiger partial charge in [0.1, 0.15) is 0 Å². The van der Waals surface area contributed by atoms with Crippen LogP contribution in [-0.4, -0.2) is 36.8 Å². The Hall–Kier alpha value is -0.380. The standard InChI is InChI=1S/C15H24BrNO/c1-12-5-6-14(16)9-13(12)7-8-17(4)10-15(2,3)11-18/h5-6,9,18H,7-8,10-11H2,1-4H3. The molecule has 0 saturated carbocycles. The third kappa shape index (κ3) is 5.09. The van der Waals surface area contributed by atoms with Gasteiger partial charge in [-0.15, -0.1) is 0 Å². The van der Waals surface area contributed by atoms with Gasteiger partial charge in [-0.1, -0.05) is 35.8 Å².